The van der Waals surface area contributed by atoms with Gasteiger partial charge >= 0.3 is 12.4 Å². The lowest BCUT2D eigenvalue weighted by molar-refractivity contribution is -0.137. The molecule has 16 rings (SSSR count). The van der Waals surface area contributed by atoms with Crippen molar-refractivity contribution in [3.8, 4) is 57.1 Å². The zero-order valence-electron chi connectivity index (χ0n) is 56.5. The second-order valence-electron chi connectivity index (χ2n) is 28.7. The van der Waals surface area contributed by atoms with E-state index in [2.05, 4.69) is 154 Å². The fourth-order valence-electron chi connectivity index (χ4n) is 15.6. The number of nitriles is 2. The summed E-state index contributed by atoms with van der Waals surface area (Å²) in [5.74, 6) is 0. The number of benzene rings is 12. The first-order valence-electron chi connectivity index (χ1n) is 33.4. The maximum atomic E-state index is 16.4. The molecular weight excluding hydrogens is 1250 g/mol. The molecule has 12 heteroatoms. The Morgan fingerprint density at radius 3 is 1.10 bits per heavy atom. The Labute approximate surface area is 574 Å². The van der Waals surface area contributed by atoms with Crippen molar-refractivity contribution >= 4 is 87.2 Å². The van der Waals surface area contributed by atoms with Crippen molar-refractivity contribution in [3.05, 3.63) is 286 Å². The molecule has 0 amide bonds. The summed E-state index contributed by atoms with van der Waals surface area (Å²) in [7, 11) is 0. The molecule has 0 aliphatic carbocycles. The second-order valence-corrected chi connectivity index (χ2v) is 28.7. The van der Waals surface area contributed by atoms with E-state index in [0.717, 1.165) is 127 Å². The predicted octanol–water partition coefficient (Wildman–Crippen LogP) is 24.2. The molecule has 0 bridgehead atoms. The maximum absolute atomic E-state index is 16.4. The third-order valence-electron chi connectivity index (χ3n) is 20.4. The van der Waals surface area contributed by atoms with Crippen LogP contribution in [-0.2, 0) is 29.6 Å². The average molecular weight is 1320 g/mol. The highest BCUT2D eigenvalue weighted by Crippen LogP contribution is 2.49. The fraction of sp³-hybridized carbons (Fsp3) is 0.159. The van der Waals surface area contributed by atoms with E-state index in [1.807, 2.05) is 96.1 Å². The van der Waals surface area contributed by atoms with Gasteiger partial charge in [0.05, 0.1) is 101 Å². The minimum atomic E-state index is -4.86. The molecule has 0 atom stereocenters. The monoisotopic (exact) mass is 1320 g/mol. The SMILES string of the molecule is Cc1ccc2c3ccc(C)cc3n(-c3cc(C#N)c(-c4ccc(CC(C)(C)c5ccc6c(c5)c5ccccc5n6-c5cc(-c6ccccc6C(F)(F)F)c(C#N)cc5-n5c6ccccc6c6cc(C(C)(C)C)ccc65)cc4C(F)(F)F)cc3-n3c4cc(C)ccc4c4ccc(C)cc43)c2c1. The van der Waals surface area contributed by atoms with Crippen molar-refractivity contribution in [2.24, 2.45) is 0 Å². The fourth-order valence-corrected chi connectivity index (χ4v) is 15.6. The molecule has 4 heterocycles. The summed E-state index contributed by atoms with van der Waals surface area (Å²) >= 11 is 0. The lowest BCUT2D eigenvalue weighted by Gasteiger charge is -2.27. The van der Waals surface area contributed by atoms with Gasteiger partial charge in [-0.15, -0.1) is 0 Å². The smallest absolute Gasteiger partial charge is 0.307 e. The lowest BCUT2D eigenvalue weighted by atomic mass is 9.78. The summed E-state index contributed by atoms with van der Waals surface area (Å²) in [5, 5.41) is 30.0. The van der Waals surface area contributed by atoms with E-state index in [0.29, 0.717) is 28.3 Å². The molecule has 12 aromatic carbocycles. The first-order valence-corrected chi connectivity index (χ1v) is 33.4. The van der Waals surface area contributed by atoms with Gasteiger partial charge in [-0.2, -0.15) is 36.9 Å². The molecule has 0 aliphatic heterocycles. The number of hydrogen-bond donors (Lipinski definition) is 0. The van der Waals surface area contributed by atoms with Gasteiger partial charge in [0.25, 0.3) is 0 Å². The minimum Gasteiger partial charge on any atom is -0.307 e. The van der Waals surface area contributed by atoms with Crippen molar-refractivity contribution in [1.29, 1.82) is 10.5 Å². The number of hydrogen-bond acceptors (Lipinski definition) is 2. The quantitative estimate of drug-likeness (QED) is 0.135. The summed E-state index contributed by atoms with van der Waals surface area (Å²) < 4.78 is 103. The number of aromatic nitrogens is 4. The second kappa shape index (κ2) is 22.7. The van der Waals surface area contributed by atoms with Gasteiger partial charge in [0, 0.05) is 54.2 Å². The average Bonchev–Trinajstić information content (AvgIpc) is 1.54. The van der Waals surface area contributed by atoms with Gasteiger partial charge in [-0.1, -0.05) is 162 Å². The van der Waals surface area contributed by atoms with Gasteiger partial charge < -0.3 is 18.3 Å². The highest BCUT2D eigenvalue weighted by molar-refractivity contribution is 6.14. The van der Waals surface area contributed by atoms with E-state index in [9.17, 15) is 10.5 Å². The van der Waals surface area contributed by atoms with Crippen LogP contribution in [0, 0.1) is 50.4 Å². The van der Waals surface area contributed by atoms with Crippen LogP contribution in [0.3, 0.4) is 0 Å². The summed E-state index contributed by atoms with van der Waals surface area (Å²) in [6.45, 7) is 18.6. The molecule has 0 unspecified atom stereocenters. The Kier molecular flexibility index (Phi) is 14.4. The van der Waals surface area contributed by atoms with Crippen LogP contribution in [0.25, 0.3) is 132 Å². The van der Waals surface area contributed by atoms with Crippen LogP contribution in [0.4, 0.5) is 26.3 Å². The van der Waals surface area contributed by atoms with Crippen LogP contribution in [0.5, 0.6) is 0 Å². The summed E-state index contributed by atoms with van der Waals surface area (Å²) in [5.41, 5.74) is 12.8. The number of aryl methyl sites for hydroxylation is 4. The third kappa shape index (κ3) is 10.1. The van der Waals surface area contributed by atoms with Gasteiger partial charge in [0.2, 0.25) is 0 Å². The first-order chi connectivity index (χ1) is 47.8. The number of fused-ring (bicyclic) bond motifs is 12. The van der Waals surface area contributed by atoms with E-state index >= 15 is 26.3 Å². The first kappa shape index (κ1) is 63.2. The number of nitrogens with zero attached hydrogens (tertiary/aromatic N) is 6. The molecule has 4 aromatic heterocycles. The molecule has 490 valence electrons. The van der Waals surface area contributed by atoms with Crippen LogP contribution < -0.4 is 0 Å². The molecule has 16 aromatic rings. The lowest BCUT2D eigenvalue weighted by Crippen LogP contribution is -2.21. The molecule has 0 saturated carbocycles. The number of para-hydroxylation sites is 2. The van der Waals surface area contributed by atoms with Crippen molar-refractivity contribution in [3.63, 3.8) is 0 Å². The Bertz CT molecular complexity index is 6140. The zero-order valence-corrected chi connectivity index (χ0v) is 56.5. The minimum absolute atomic E-state index is 0.0532. The van der Waals surface area contributed by atoms with Crippen molar-refractivity contribution in [1.82, 2.24) is 18.3 Å². The summed E-state index contributed by atoms with van der Waals surface area (Å²) in [4.78, 5) is 0. The van der Waals surface area contributed by atoms with Gasteiger partial charge in [-0.25, -0.2) is 0 Å². The Balaban J connectivity index is 0.867. The third-order valence-corrected chi connectivity index (χ3v) is 20.4. The Morgan fingerprint density at radius 2 is 0.670 bits per heavy atom. The van der Waals surface area contributed by atoms with Crippen LogP contribution in [0.1, 0.15) is 95.8 Å². The molecule has 0 saturated heterocycles. The molecule has 0 aliphatic rings. The van der Waals surface area contributed by atoms with E-state index in [4.69, 9.17) is 0 Å². The number of halogens is 6. The van der Waals surface area contributed by atoms with Gasteiger partial charge in [0.15, 0.2) is 0 Å². The van der Waals surface area contributed by atoms with Crippen molar-refractivity contribution in [2.75, 3.05) is 0 Å². The van der Waals surface area contributed by atoms with Crippen LogP contribution in [0.15, 0.2) is 224 Å². The molecule has 0 spiro atoms. The van der Waals surface area contributed by atoms with E-state index in [-0.39, 0.29) is 45.2 Å². The number of alkyl halides is 6. The molecule has 100 heavy (non-hydrogen) atoms. The van der Waals surface area contributed by atoms with Gasteiger partial charge in [-0.3, -0.25) is 0 Å². The van der Waals surface area contributed by atoms with Crippen molar-refractivity contribution < 1.29 is 26.3 Å². The van der Waals surface area contributed by atoms with E-state index in [1.165, 1.54) is 24.3 Å². The largest absolute Gasteiger partial charge is 0.417 e. The summed E-state index contributed by atoms with van der Waals surface area (Å²) in [6, 6.07) is 74.9. The zero-order chi connectivity index (χ0) is 69.8. The highest BCUT2D eigenvalue weighted by atomic mass is 19.4. The van der Waals surface area contributed by atoms with Crippen molar-refractivity contribution in [2.45, 2.75) is 91.9 Å². The maximum Gasteiger partial charge on any atom is 0.417 e. The standard InChI is InChI=1S/C88H66F6N6/c1-50-22-29-63-64-30-23-51(2)37-78(64)99(77(63)36-50)82-42-56(49-96)68(46-84(82)100-79-38-52(3)24-31-65(79)66-32-25-53(4)39-80(66)100)60-33-26-54(40-72(60)88(92,93)94)47-86(8,9)58-28-35-76-70(44-58)62-18-12-15-21-74(62)98(76)83-45-67(59-16-10-13-19-71(59)87(89,90)91)55(48-95)41-81(83)97-73-20-14-11-17-61(73)69-43-57(85(5,6)7)27-34-75(69)97/h10-46H,47H2,1-9H3. The molecule has 0 fully saturated rings. The van der Waals surface area contributed by atoms with E-state index < -0.39 is 28.9 Å². The predicted molar refractivity (Wildman–Crippen MR) is 395 cm³/mol. The van der Waals surface area contributed by atoms with Gasteiger partial charge in [0.1, 0.15) is 0 Å². The Hall–Kier alpha value is -11.6. The van der Waals surface area contributed by atoms with Crippen LogP contribution >= 0.6 is 0 Å². The molecule has 0 N–H and O–H groups in total. The summed E-state index contributed by atoms with van der Waals surface area (Å²) in [6.07, 6.45) is -9.43. The Morgan fingerprint density at radius 1 is 0.310 bits per heavy atom. The van der Waals surface area contributed by atoms with Crippen LogP contribution in [-0.4, -0.2) is 18.3 Å². The van der Waals surface area contributed by atoms with E-state index in [1.54, 1.807) is 36.4 Å². The molecule has 6 nitrogen and oxygen atoms in total. The highest BCUT2D eigenvalue weighted by Gasteiger charge is 2.38. The normalized spacial score (nSPS) is 12.6. The topological polar surface area (TPSA) is 67.3 Å². The van der Waals surface area contributed by atoms with Gasteiger partial charge in [-0.05, 0) is 192 Å². The van der Waals surface area contributed by atoms with Crippen LogP contribution in [0.2, 0.25) is 0 Å². The number of rotatable bonds is 9. The molecule has 0 radical (unpaired) electrons. The molecular formula is C88H66F6N6.